The fourth-order valence-electron chi connectivity index (χ4n) is 2.79. The van der Waals surface area contributed by atoms with Crippen molar-refractivity contribution in [1.29, 1.82) is 0 Å². The van der Waals surface area contributed by atoms with Crippen molar-refractivity contribution in [3.8, 4) is 11.3 Å². The monoisotopic (exact) mass is 369 g/mol. The van der Waals surface area contributed by atoms with Gasteiger partial charge in [0.15, 0.2) is 0 Å². The molecule has 7 heteroatoms. The Morgan fingerprint density at radius 1 is 1.12 bits per heavy atom. The number of hydrogen-bond donors (Lipinski definition) is 0. The summed E-state index contributed by atoms with van der Waals surface area (Å²) < 4.78 is 19.9. The Morgan fingerprint density at radius 3 is 2.50 bits per heavy atom. The molecule has 0 amide bonds. The van der Waals surface area contributed by atoms with Crippen LogP contribution in [0.3, 0.4) is 0 Å². The standard InChI is InChI=1S/C19H13ClFN3O2/c1-11-16-18(26-23-11)17(13-4-8-15(21)9-5-13)22-24(19(16)25)10-12-2-6-14(20)7-3-12/h2-9H,10H2,1H3. The average molecular weight is 370 g/mol. The highest BCUT2D eigenvalue weighted by Gasteiger charge is 2.19. The van der Waals surface area contributed by atoms with Crippen LogP contribution in [-0.2, 0) is 6.54 Å². The van der Waals surface area contributed by atoms with Crippen LogP contribution >= 0.6 is 11.6 Å². The average Bonchev–Trinajstić information content (AvgIpc) is 3.02. The minimum absolute atomic E-state index is 0.269. The highest BCUT2D eigenvalue weighted by molar-refractivity contribution is 6.30. The van der Waals surface area contributed by atoms with Crippen molar-refractivity contribution in [1.82, 2.24) is 14.9 Å². The van der Waals surface area contributed by atoms with Gasteiger partial charge in [-0.2, -0.15) is 5.10 Å². The summed E-state index contributed by atoms with van der Waals surface area (Å²) >= 11 is 5.91. The van der Waals surface area contributed by atoms with Crippen molar-refractivity contribution in [3.63, 3.8) is 0 Å². The number of aryl methyl sites for hydroxylation is 1. The zero-order valence-corrected chi connectivity index (χ0v) is 14.5. The van der Waals surface area contributed by atoms with E-state index in [9.17, 15) is 9.18 Å². The van der Waals surface area contributed by atoms with Gasteiger partial charge < -0.3 is 4.52 Å². The molecule has 4 aromatic rings. The Labute approximate surface area is 152 Å². The maximum atomic E-state index is 13.3. The van der Waals surface area contributed by atoms with Crippen LogP contribution < -0.4 is 5.56 Å². The van der Waals surface area contributed by atoms with Gasteiger partial charge in [0.1, 0.15) is 16.9 Å². The van der Waals surface area contributed by atoms with Crippen molar-refractivity contribution < 1.29 is 8.91 Å². The lowest BCUT2D eigenvalue weighted by Gasteiger charge is -2.08. The number of rotatable bonds is 3. The van der Waals surface area contributed by atoms with E-state index in [1.54, 1.807) is 31.2 Å². The summed E-state index contributed by atoms with van der Waals surface area (Å²) in [5.74, 6) is -0.353. The maximum absolute atomic E-state index is 13.3. The van der Waals surface area contributed by atoms with E-state index in [2.05, 4.69) is 10.3 Å². The van der Waals surface area contributed by atoms with Gasteiger partial charge in [-0.25, -0.2) is 9.07 Å². The molecule has 26 heavy (non-hydrogen) atoms. The van der Waals surface area contributed by atoms with Gasteiger partial charge in [0.25, 0.3) is 5.56 Å². The molecule has 0 unspecified atom stereocenters. The van der Waals surface area contributed by atoms with E-state index in [-0.39, 0.29) is 17.9 Å². The summed E-state index contributed by atoms with van der Waals surface area (Å²) in [7, 11) is 0. The molecule has 0 aliphatic rings. The molecule has 4 rings (SSSR count). The van der Waals surface area contributed by atoms with Gasteiger partial charge in [-0.05, 0) is 48.9 Å². The molecule has 0 atom stereocenters. The van der Waals surface area contributed by atoms with Crippen LogP contribution in [0.5, 0.6) is 0 Å². The molecule has 0 saturated carbocycles. The van der Waals surface area contributed by atoms with E-state index in [1.807, 2.05) is 12.1 Å². The summed E-state index contributed by atoms with van der Waals surface area (Å²) in [5, 5.41) is 9.33. The molecule has 0 bridgehead atoms. The summed E-state index contributed by atoms with van der Waals surface area (Å²) in [6, 6.07) is 13.0. The van der Waals surface area contributed by atoms with Crippen LogP contribution in [0.15, 0.2) is 57.8 Å². The predicted molar refractivity (Wildman–Crippen MR) is 96.7 cm³/mol. The number of benzene rings is 2. The van der Waals surface area contributed by atoms with Crippen molar-refractivity contribution >= 4 is 22.6 Å². The van der Waals surface area contributed by atoms with E-state index in [0.29, 0.717) is 32.9 Å². The predicted octanol–water partition coefficient (Wildman–Crippen LogP) is 4.20. The molecule has 0 saturated heterocycles. The molecular weight excluding hydrogens is 357 g/mol. The largest absolute Gasteiger partial charge is 0.353 e. The Morgan fingerprint density at radius 2 is 1.81 bits per heavy atom. The van der Waals surface area contributed by atoms with Crippen molar-refractivity contribution in [2.75, 3.05) is 0 Å². The van der Waals surface area contributed by atoms with Gasteiger partial charge in [-0.15, -0.1) is 0 Å². The van der Waals surface area contributed by atoms with Gasteiger partial charge in [-0.3, -0.25) is 4.79 Å². The van der Waals surface area contributed by atoms with E-state index in [1.165, 1.54) is 16.8 Å². The van der Waals surface area contributed by atoms with Gasteiger partial charge >= 0.3 is 0 Å². The first-order chi connectivity index (χ1) is 12.5. The first-order valence-corrected chi connectivity index (χ1v) is 8.28. The molecule has 0 aliphatic carbocycles. The van der Waals surface area contributed by atoms with E-state index >= 15 is 0 Å². The molecule has 2 heterocycles. The molecule has 2 aromatic carbocycles. The van der Waals surface area contributed by atoms with E-state index < -0.39 is 0 Å². The third kappa shape index (κ3) is 2.88. The fourth-order valence-corrected chi connectivity index (χ4v) is 2.92. The Balaban J connectivity index is 1.91. The zero-order valence-electron chi connectivity index (χ0n) is 13.7. The highest BCUT2D eigenvalue weighted by Crippen LogP contribution is 2.26. The second-order valence-corrected chi connectivity index (χ2v) is 6.35. The molecule has 0 fully saturated rings. The molecular formula is C19H13ClFN3O2. The molecule has 0 spiro atoms. The topological polar surface area (TPSA) is 60.9 Å². The Hall–Kier alpha value is -2.99. The first-order valence-electron chi connectivity index (χ1n) is 7.90. The van der Waals surface area contributed by atoms with Crippen molar-refractivity contribution in [2.24, 2.45) is 0 Å². The fraction of sp³-hybridized carbons (Fsp3) is 0.105. The third-order valence-corrected chi connectivity index (χ3v) is 4.36. The van der Waals surface area contributed by atoms with Gasteiger partial charge in [0, 0.05) is 10.6 Å². The maximum Gasteiger partial charge on any atom is 0.280 e. The number of hydrogen-bond acceptors (Lipinski definition) is 4. The second kappa shape index (κ2) is 6.38. The summed E-state index contributed by atoms with van der Waals surface area (Å²) in [6.45, 7) is 1.97. The summed E-state index contributed by atoms with van der Waals surface area (Å²) in [4.78, 5) is 12.8. The van der Waals surface area contributed by atoms with Crippen LogP contribution in [0.2, 0.25) is 5.02 Å². The number of aromatic nitrogens is 3. The number of fused-ring (bicyclic) bond motifs is 1. The number of nitrogens with zero attached hydrogens (tertiary/aromatic N) is 3. The van der Waals surface area contributed by atoms with E-state index in [4.69, 9.17) is 16.1 Å². The zero-order chi connectivity index (χ0) is 18.3. The highest BCUT2D eigenvalue weighted by atomic mass is 35.5. The summed E-state index contributed by atoms with van der Waals surface area (Å²) in [6.07, 6.45) is 0. The minimum atomic E-state index is -0.353. The lowest BCUT2D eigenvalue weighted by molar-refractivity contribution is 0.449. The van der Waals surface area contributed by atoms with Crippen LogP contribution in [-0.4, -0.2) is 14.9 Å². The van der Waals surface area contributed by atoms with Crippen LogP contribution in [0.25, 0.3) is 22.2 Å². The van der Waals surface area contributed by atoms with Gasteiger partial charge in [0.05, 0.1) is 12.2 Å². The SMILES string of the molecule is Cc1noc2c(-c3ccc(F)cc3)nn(Cc3ccc(Cl)cc3)c(=O)c12. The Kier molecular flexibility index (Phi) is 4.05. The quantitative estimate of drug-likeness (QED) is 0.543. The van der Waals surface area contributed by atoms with Gasteiger partial charge in [-0.1, -0.05) is 28.9 Å². The molecule has 0 aliphatic heterocycles. The van der Waals surface area contributed by atoms with Crippen LogP contribution in [0.1, 0.15) is 11.3 Å². The molecule has 0 N–H and O–H groups in total. The first kappa shape index (κ1) is 16.5. The molecule has 0 radical (unpaired) electrons. The lowest BCUT2D eigenvalue weighted by Crippen LogP contribution is -2.24. The van der Waals surface area contributed by atoms with Gasteiger partial charge in [0.2, 0.25) is 5.58 Å². The Bertz CT molecular complexity index is 1150. The van der Waals surface area contributed by atoms with Crippen molar-refractivity contribution in [2.45, 2.75) is 13.5 Å². The van der Waals surface area contributed by atoms with Crippen molar-refractivity contribution in [3.05, 3.63) is 81.0 Å². The third-order valence-electron chi connectivity index (χ3n) is 4.11. The van der Waals surface area contributed by atoms with E-state index in [0.717, 1.165) is 5.56 Å². The molecule has 2 aromatic heterocycles. The normalized spacial score (nSPS) is 11.2. The lowest BCUT2D eigenvalue weighted by atomic mass is 10.1. The second-order valence-electron chi connectivity index (χ2n) is 5.92. The molecule has 5 nitrogen and oxygen atoms in total. The van der Waals surface area contributed by atoms with Crippen LogP contribution in [0, 0.1) is 12.7 Å². The molecule has 130 valence electrons. The number of halogens is 2. The van der Waals surface area contributed by atoms with Crippen LogP contribution in [0.4, 0.5) is 4.39 Å². The minimum Gasteiger partial charge on any atom is -0.353 e. The summed E-state index contributed by atoms with van der Waals surface area (Å²) in [5.41, 5.74) is 2.45. The smallest absolute Gasteiger partial charge is 0.280 e.